The number of halogens is 1. The highest BCUT2D eigenvalue weighted by Gasteiger charge is 2.44. The Morgan fingerprint density at radius 3 is 2.77 bits per heavy atom. The van der Waals surface area contributed by atoms with E-state index in [1.165, 1.54) is 17.8 Å². The summed E-state index contributed by atoms with van der Waals surface area (Å²) in [7, 11) is 0. The molecule has 2 aromatic heterocycles. The number of nitrogens with zero attached hydrogens (tertiary/aromatic N) is 3. The Morgan fingerprint density at radius 2 is 2.18 bits per heavy atom. The molecular formula is C12H18FN5O4. The highest BCUT2D eigenvalue weighted by molar-refractivity contribution is 5.70. The van der Waals surface area contributed by atoms with E-state index in [1.54, 1.807) is 0 Å². The van der Waals surface area contributed by atoms with Crippen LogP contribution in [0, 0.1) is 0 Å². The third-order valence-electron chi connectivity index (χ3n) is 3.81. The number of nitrogen functional groups attached to an aromatic ring is 1. The molecule has 0 aliphatic carbocycles. The fourth-order valence-electron chi connectivity index (χ4n) is 2.22. The molecule has 0 spiro atoms. The van der Waals surface area contributed by atoms with E-state index in [1.807, 2.05) is 0 Å². The average molecular weight is 315 g/mol. The van der Waals surface area contributed by atoms with Gasteiger partial charge in [0, 0.05) is 0 Å². The number of rotatable bonds is 5. The van der Waals surface area contributed by atoms with Crippen molar-refractivity contribution in [1.29, 1.82) is 0 Å². The molecule has 0 saturated carbocycles. The number of aromatic nitrogens is 4. The van der Waals surface area contributed by atoms with Gasteiger partial charge in [-0.2, -0.15) is 4.98 Å². The zero-order valence-corrected chi connectivity index (χ0v) is 12.1. The quantitative estimate of drug-likeness (QED) is 0.460. The molecule has 0 radical (unpaired) electrons. The van der Waals surface area contributed by atoms with Crippen molar-refractivity contribution in [2.45, 2.75) is 37.8 Å². The molecule has 0 bridgehead atoms. The van der Waals surface area contributed by atoms with Gasteiger partial charge in [-0.1, -0.05) is 0 Å². The van der Waals surface area contributed by atoms with Gasteiger partial charge in [0.1, 0.15) is 12.2 Å². The van der Waals surface area contributed by atoms with Crippen LogP contribution in [0.15, 0.2) is 11.1 Å². The molecule has 9 nitrogen and oxygen atoms in total. The molecule has 2 unspecified atom stereocenters. The standard InChI is InChI=1S/C12H18FN5O4/c1-5(12(2,13)8(21)6(20)3-19)18-4-15-7-9(18)16-11(14)17-10(7)22/h4-6,8,19-21H,3H2,1-2H3,(H3,14,16,17,22)/t5-,6-,8?,12?/m1/s1. The van der Waals surface area contributed by atoms with Crippen LogP contribution in [-0.2, 0) is 0 Å². The van der Waals surface area contributed by atoms with Gasteiger partial charge in [0.25, 0.3) is 5.56 Å². The molecule has 0 fully saturated rings. The molecule has 122 valence electrons. The first-order valence-electron chi connectivity index (χ1n) is 6.58. The second-order valence-electron chi connectivity index (χ2n) is 5.30. The lowest BCUT2D eigenvalue weighted by atomic mass is 9.89. The lowest BCUT2D eigenvalue weighted by Gasteiger charge is -2.34. The smallest absolute Gasteiger partial charge is 0.280 e. The van der Waals surface area contributed by atoms with Crippen LogP contribution < -0.4 is 11.3 Å². The number of alkyl halides is 1. The molecule has 0 amide bonds. The summed E-state index contributed by atoms with van der Waals surface area (Å²) >= 11 is 0. The van der Waals surface area contributed by atoms with Crippen LogP contribution in [0.1, 0.15) is 19.9 Å². The summed E-state index contributed by atoms with van der Waals surface area (Å²) < 4.78 is 16.1. The monoisotopic (exact) mass is 315 g/mol. The van der Waals surface area contributed by atoms with Gasteiger partial charge < -0.3 is 25.6 Å². The summed E-state index contributed by atoms with van der Waals surface area (Å²) in [4.78, 5) is 21.8. The molecule has 4 atom stereocenters. The van der Waals surface area contributed by atoms with Gasteiger partial charge in [-0.3, -0.25) is 9.78 Å². The Labute approximate surface area is 124 Å². The number of H-pyrrole nitrogens is 1. The number of hydrogen-bond donors (Lipinski definition) is 5. The molecule has 2 rings (SSSR count). The number of imidazole rings is 1. The number of nitrogens with one attached hydrogen (secondary N) is 1. The highest BCUT2D eigenvalue weighted by Crippen LogP contribution is 2.33. The lowest BCUT2D eigenvalue weighted by molar-refractivity contribution is -0.106. The van der Waals surface area contributed by atoms with E-state index >= 15 is 0 Å². The number of aromatic amines is 1. The number of fused-ring (bicyclic) bond motifs is 1. The number of anilines is 1. The van der Waals surface area contributed by atoms with Gasteiger partial charge in [0.05, 0.1) is 19.0 Å². The van der Waals surface area contributed by atoms with E-state index in [0.29, 0.717) is 0 Å². The molecule has 6 N–H and O–H groups in total. The maximum atomic E-state index is 14.9. The molecule has 2 aromatic rings. The minimum Gasteiger partial charge on any atom is -0.394 e. The minimum atomic E-state index is -2.32. The predicted octanol–water partition coefficient (Wildman–Crippen LogP) is -1.29. The highest BCUT2D eigenvalue weighted by atomic mass is 19.1. The van der Waals surface area contributed by atoms with Crippen molar-refractivity contribution >= 4 is 17.1 Å². The van der Waals surface area contributed by atoms with Crippen LogP contribution in [0.2, 0.25) is 0 Å². The van der Waals surface area contributed by atoms with Crippen molar-refractivity contribution in [1.82, 2.24) is 19.5 Å². The summed E-state index contributed by atoms with van der Waals surface area (Å²) in [6, 6.07) is -1.04. The largest absolute Gasteiger partial charge is 0.394 e. The van der Waals surface area contributed by atoms with Gasteiger partial charge in [-0.25, -0.2) is 9.37 Å². The first-order chi connectivity index (χ1) is 10.2. The van der Waals surface area contributed by atoms with E-state index in [0.717, 1.165) is 6.92 Å². The van der Waals surface area contributed by atoms with E-state index < -0.39 is 36.1 Å². The number of nitrogens with two attached hydrogens (primary N) is 1. The SMILES string of the molecule is C[C@@H](n1cnc2c(=O)[nH]c(N)nc21)C(C)(F)C(O)[C@H](O)CO. The maximum Gasteiger partial charge on any atom is 0.280 e. The zero-order valence-electron chi connectivity index (χ0n) is 12.1. The van der Waals surface area contributed by atoms with Gasteiger partial charge in [-0.05, 0) is 13.8 Å². The van der Waals surface area contributed by atoms with Gasteiger partial charge in [-0.15, -0.1) is 0 Å². The van der Waals surface area contributed by atoms with Crippen LogP contribution in [0.5, 0.6) is 0 Å². The molecule has 0 saturated heterocycles. The Bertz CT molecular complexity index is 728. The summed E-state index contributed by atoms with van der Waals surface area (Å²) in [6.45, 7) is 1.71. The first kappa shape index (κ1) is 16.3. The van der Waals surface area contributed by atoms with Crippen LogP contribution in [0.3, 0.4) is 0 Å². The molecule has 0 aromatic carbocycles. The third kappa shape index (κ3) is 2.56. The topological polar surface area (TPSA) is 150 Å². The van der Waals surface area contributed by atoms with Gasteiger partial charge in [0.2, 0.25) is 5.95 Å². The Balaban J connectivity index is 2.49. The van der Waals surface area contributed by atoms with E-state index in [9.17, 15) is 19.4 Å². The fourth-order valence-corrected chi connectivity index (χ4v) is 2.22. The summed E-state index contributed by atoms with van der Waals surface area (Å²) in [6.07, 6.45) is -2.29. The second-order valence-corrected chi connectivity index (χ2v) is 5.30. The first-order valence-corrected chi connectivity index (χ1v) is 6.58. The number of aliphatic hydroxyl groups excluding tert-OH is 3. The minimum absolute atomic E-state index is 0.0194. The lowest BCUT2D eigenvalue weighted by Crippen LogP contribution is -2.49. The molecule has 0 aliphatic rings. The molecule has 10 heteroatoms. The third-order valence-corrected chi connectivity index (χ3v) is 3.81. The van der Waals surface area contributed by atoms with Gasteiger partial charge in [0.15, 0.2) is 16.8 Å². The van der Waals surface area contributed by atoms with Crippen molar-refractivity contribution in [3.05, 3.63) is 16.7 Å². The van der Waals surface area contributed by atoms with Crippen molar-refractivity contribution in [3.8, 4) is 0 Å². The van der Waals surface area contributed by atoms with Crippen LogP contribution in [-0.4, -0.2) is 59.3 Å². The molecule has 2 heterocycles. The van der Waals surface area contributed by atoms with Crippen LogP contribution in [0.25, 0.3) is 11.2 Å². The molecule has 22 heavy (non-hydrogen) atoms. The Hall–Kier alpha value is -2.04. The average Bonchev–Trinajstić information content (AvgIpc) is 2.88. The van der Waals surface area contributed by atoms with Crippen LogP contribution >= 0.6 is 0 Å². The number of hydrogen-bond acceptors (Lipinski definition) is 7. The maximum absolute atomic E-state index is 14.9. The van der Waals surface area contributed by atoms with E-state index in [-0.39, 0.29) is 17.1 Å². The normalized spacial score (nSPS) is 18.8. The Morgan fingerprint density at radius 1 is 1.55 bits per heavy atom. The summed E-state index contributed by atoms with van der Waals surface area (Å²) in [5, 5.41) is 28.2. The Kier molecular flexibility index (Phi) is 4.18. The van der Waals surface area contributed by atoms with Crippen molar-refractivity contribution in [3.63, 3.8) is 0 Å². The molecule has 0 aliphatic heterocycles. The second kappa shape index (κ2) is 5.63. The summed E-state index contributed by atoms with van der Waals surface area (Å²) in [5.74, 6) is -0.150. The van der Waals surface area contributed by atoms with Crippen molar-refractivity contribution in [2.24, 2.45) is 0 Å². The van der Waals surface area contributed by atoms with Gasteiger partial charge >= 0.3 is 0 Å². The number of aliphatic hydroxyl groups is 3. The van der Waals surface area contributed by atoms with E-state index in [2.05, 4.69) is 15.0 Å². The van der Waals surface area contributed by atoms with Crippen molar-refractivity contribution < 1.29 is 19.7 Å². The van der Waals surface area contributed by atoms with Crippen LogP contribution in [0.4, 0.5) is 10.3 Å². The predicted molar refractivity (Wildman–Crippen MR) is 75.9 cm³/mol. The zero-order chi connectivity index (χ0) is 16.7. The fraction of sp³-hybridized carbons (Fsp3) is 0.583. The van der Waals surface area contributed by atoms with E-state index in [4.69, 9.17) is 10.8 Å². The summed E-state index contributed by atoms with van der Waals surface area (Å²) in [5.41, 5.74) is 2.62. The molecular weight excluding hydrogens is 297 g/mol. The van der Waals surface area contributed by atoms with Crippen molar-refractivity contribution in [2.75, 3.05) is 12.3 Å².